The SMILES string of the molecule is CNC(=O)c1cccc(NCC2CCC=CO2)c1C. The van der Waals surface area contributed by atoms with E-state index in [9.17, 15) is 4.79 Å². The summed E-state index contributed by atoms with van der Waals surface area (Å²) in [7, 11) is 1.64. The van der Waals surface area contributed by atoms with Gasteiger partial charge in [0.2, 0.25) is 0 Å². The molecule has 2 N–H and O–H groups in total. The number of allylic oxidation sites excluding steroid dienone is 1. The maximum absolute atomic E-state index is 11.7. The Morgan fingerprint density at radius 1 is 1.47 bits per heavy atom. The van der Waals surface area contributed by atoms with Crippen LogP contribution in [0.2, 0.25) is 0 Å². The van der Waals surface area contributed by atoms with Crippen LogP contribution in [0.5, 0.6) is 0 Å². The van der Waals surface area contributed by atoms with Crippen LogP contribution in [0.4, 0.5) is 5.69 Å². The fourth-order valence-electron chi connectivity index (χ4n) is 2.17. The molecule has 0 aromatic heterocycles. The van der Waals surface area contributed by atoms with E-state index < -0.39 is 0 Å². The number of hydrogen-bond donors (Lipinski definition) is 2. The highest BCUT2D eigenvalue weighted by atomic mass is 16.5. The van der Waals surface area contributed by atoms with Crippen LogP contribution in [0.1, 0.15) is 28.8 Å². The summed E-state index contributed by atoms with van der Waals surface area (Å²) in [5, 5.41) is 6.02. The number of nitrogens with one attached hydrogen (secondary N) is 2. The van der Waals surface area contributed by atoms with Crippen LogP contribution in [-0.4, -0.2) is 25.6 Å². The molecule has 4 nitrogen and oxygen atoms in total. The third-order valence-electron chi connectivity index (χ3n) is 3.35. The molecule has 1 aromatic carbocycles. The molecular weight excluding hydrogens is 240 g/mol. The number of amides is 1. The molecule has 102 valence electrons. The second-order valence-corrected chi connectivity index (χ2v) is 4.65. The van der Waals surface area contributed by atoms with Crippen molar-refractivity contribution in [1.82, 2.24) is 5.32 Å². The first-order valence-electron chi connectivity index (χ1n) is 6.58. The molecule has 1 unspecified atom stereocenters. The first-order chi connectivity index (χ1) is 9.22. The van der Waals surface area contributed by atoms with Crippen molar-refractivity contribution in [3.8, 4) is 0 Å². The minimum Gasteiger partial charge on any atom is -0.497 e. The van der Waals surface area contributed by atoms with Crippen molar-refractivity contribution >= 4 is 11.6 Å². The van der Waals surface area contributed by atoms with E-state index in [0.29, 0.717) is 5.56 Å². The van der Waals surface area contributed by atoms with Crippen molar-refractivity contribution in [1.29, 1.82) is 0 Å². The van der Waals surface area contributed by atoms with Crippen LogP contribution in [0.15, 0.2) is 30.5 Å². The fraction of sp³-hybridized carbons (Fsp3) is 0.400. The van der Waals surface area contributed by atoms with Gasteiger partial charge in [0.05, 0.1) is 12.8 Å². The largest absolute Gasteiger partial charge is 0.497 e. The van der Waals surface area contributed by atoms with E-state index in [1.807, 2.05) is 31.2 Å². The summed E-state index contributed by atoms with van der Waals surface area (Å²) < 4.78 is 5.52. The topological polar surface area (TPSA) is 50.4 Å². The Bertz CT molecular complexity index is 483. The molecular formula is C15H20N2O2. The van der Waals surface area contributed by atoms with Crippen LogP contribution in [0.25, 0.3) is 0 Å². The maximum atomic E-state index is 11.7. The lowest BCUT2D eigenvalue weighted by Crippen LogP contribution is -2.24. The summed E-state index contributed by atoms with van der Waals surface area (Å²) >= 11 is 0. The number of hydrogen-bond acceptors (Lipinski definition) is 3. The van der Waals surface area contributed by atoms with Crippen LogP contribution in [-0.2, 0) is 4.74 Å². The number of rotatable bonds is 4. The number of benzene rings is 1. The summed E-state index contributed by atoms with van der Waals surface area (Å²) in [5.41, 5.74) is 2.66. The van der Waals surface area contributed by atoms with Crippen molar-refractivity contribution in [2.45, 2.75) is 25.9 Å². The van der Waals surface area contributed by atoms with Gasteiger partial charge >= 0.3 is 0 Å². The third kappa shape index (κ3) is 3.28. The molecule has 19 heavy (non-hydrogen) atoms. The molecule has 0 radical (unpaired) electrons. The van der Waals surface area contributed by atoms with E-state index in [2.05, 4.69) is 10.6 Å². The van der Waals surface area contributed by atoms with Gasteiger partial charge in [-0.1, -0.05) is 6.07 Å². The number of anilines is 1. The van der Waals surface area contributed by atoms with Gasteiger partial charge in [-0.25, -0.2) is 0 Å². The van der Waals surface area contributed by atoms with E-state index in [0.717, 1.165) is 30.6 Å². The van der Waals surface area contributed by atoms with E-state index in [1.165, 1.54) is 0 Å². The van der Waals surface area contributed by atoms with Gasteiger partial charge in [0.15, 0.2) is 0 Å². The number of carbonyl (C=O) groups excluding carboxylic acids is 1. The molecule has 4 heteroatoms. The second kappa shape index (κ2) is 6.27. The molecule has 1 heterocycles. The summed E-state index contributed by atoms with van der Waals surface area (Å²) in [4.78, 5) is 11.7. The average Bonchev–Trinajstić information content (AvgIpc) is 2.46. The molecule has 1 aromatic rings. The van der Waals surface area contributed by atoms with Gasteiger partial charge < -0.3 is 15.4 Å². The van der Waals surface area contributed by atoms with E-state index in [-0.39, 0.29) is 12.0 Å². The Kier molecular flexibility index (Phi) is 4.44. The molecule has 1 aliphatic rings. The predicted octanol–water partition coefficient (Wildman–Crippen LogP) is 2.46. The molecule has 1 atom stereocenters. The molecule has 1 amide bonds. The summed E-state index contributed by atoms with van der Waals surface area (Å²) in [6.07, 6.45) is 6.09. The third-order valence-corrected chi connectivity index (χ3v) is 3.35. The lowest BCUT2D eigenvalue weighted by atomic mass is 10.1. The smallest absolute Gasteiger partial charge is 0.251 e. The highest BCUT2D eigenvalue weighted by Crippen LogP contribution is 2.20. The number of carbonyl (C=O) groups is 1. The van der Waals surface area contributed by atoms with Crippen molar-refractivity contribution in [3.05, 3.63) is 41.7 Å². The molecule has 0 fully saturated rings. The Morgan fingerprint density at radius 3 is 3.00 bits per heavy atom. The van der Waals surface area contributed by atoms with Crippen molar-refractivity contribution in [3.63, 3.8) is 0 Å². The molecule has 0 saturated heterocycles. The maximum Gasteiger partial charge on any atom is 0.251 e. The minimum atomic E-state index is -0.0574. The van der Waals surface area contributed by atoms with Gasteiger partial charge in [-0.2, -0.15) is 0 Å². The fourth-order valence-corrected chi connectivity index (χ4v) is 2.17. The zero-order valence-electron chi connectivity index (χ0n) is 11.4. The van der Waals surface area contributed by atoms with Crippen molar-refractivity contribution < 1.29 is 9.53 Å². The molecule has 1 aliphatic heterocycles. The Morgan fingerprint density at radius 2 is 2.32 bits per heavy atom. The van der Waals surface area contributed by atoms with Gasteiger partial charge in [0, 0.05) is 18.3 Å². The zero-order chi connectivity index (χ0) is 13.7. The summed E-state index contributed by atoms with van der Waals surface area (Å²) in [5.74, 6) is -0.0574. The normalized spacial score (nSPS) is 17.7. The Labute approximate surface area is 113 Å². The highest BCUT2D eigenvalue weighted by Gasteiger charge is 2.13. The first kappa shape index (κ1) is 13.5. The van der Waals surface area contributed by atoms with E-state index >= 15 is 0 Å². The predicted molar refractivity (Wildman–Crippen MR) is 76.3 cm³/mol. The van der Waals surface area contributed by atoms with E-state index in [1.54, 1.807) is 13.3 Å². The van der Waals surface area contributed by atoms with Gasteiger partial charge in [0.1, 0.15) is 6.10 Å². The Hall–Kier alpha value is -1.97. The summed E-state index contributed by atoms with van der Waals surface area (Å²) in [6.45, 7) is 2.71. The molecule has 0 spiro atoms. The second-order valence-electron chi connectivity index (χ2n) is 4.65. The standard InChI is InChI=1S/C15H20N2O2/c1-11-13(15(18)16-2)7-5-8-14(11)17-10-12-6-3-4-9-19-12/h4-5,7-9,12,17H,3,6,10H2,1-2H3,(H,16,18). The van der Waals surface area contributed by atoms with Crippen LogP contribution in [0.3, 0.4) is 0 Å². The Balaban J connectivity index is 2.04. The van der Waals surface area contributed by atoms with E-state index in [4.69, 9.17) is 4.74 Å². The van der Waals surface area contributed by atoms with Crippen molar-refractivity contribution in [2.24, 2.45) is 0 Å². The van der Waals surface area contributed by atoms with Crippen LogP contribution < -0.4 is 10.6 Å². The van der Waals surface area contributed by atoms with Gasteiger partial charge in [-0.05, 0) is 43.5 Å². The number of ether oxygens (including phenoxy) is 1. The molecule has 0 saturated carbocycles. The van der Waals surface area contributed by atoms with Crippen molar-refractivity contribution in [2.75, 3.05) is 18.9 Å². The van der Waals surface area contributed by atoms with Gasteiger partial charge in [-0.15, -0.1) is 0 Å². The quantitative estimate of drug-likeness (QED) is 0.874. The first-order valence-corrected chi connectivity index (χ1v) is 6.58. The minimum absolute atomic E-state index is 0.0574. The monoisotopic (exact) mass is 260 g/mol. The average molecular weight is 260 g/mol. The lowest BCUT2D eigenvalue weighted by molar-refractivity contribution is 0.0962. The molecule has 2 rings (SSSR count). The molecule has 0 aliphatic carbocycles. The van der Waals surface area contributed by atoms with Gasteiger partial charge in [-0.3, -0.25) is 4.79 Å². The molecule has 0 bridgehead atoms. The highest BCUT2D eigenvalue weighted by molar-refractivity contribution is 5.96. The van der Waals surface area contributed by atoms with Gasteiger partial charge in [0.25, 0.3) is 5.91 Å². The zero-order valence-corrected chi connectivity index (χ0v) is 11.4. The lowest BCUT2D eigenvalue weighted by Gasteiger charge is -2.21. The summed E-state index contributed by atoms with van der Waals surface area (Å²) in [6, 6.07) is 5.71. The van der Waals surface area contributed by atoms with Crippen LogP contribution in [0, 0.1) is 6.92 Å². The van der Waals surface area contributed by atoms with Crippen LogP contribution >= 0.6 is 0 Å².